The molecule has 0 fully saturated rings. The van der Waals surface area contributed by atoms with Crippen LogP contribution in [-0.4, -0.2) is 62.8 Å². The van der Waals surface area contributed by atoms with E-state index in [4.69, 9.17) is 0 Å². The van der Waals surface area contributed by atoms with Gasteiger partial charge in [-0.25, -0.2) is 12.7 Å². The van der Waals surface area contributed by atoms with Crippen molar-refractivity contribution >= 4 is 38.5 Å². The molecule has 0 spiro atoms. The van der Waals surface area contributed by atoms with E-state index in [-0.39, 0.29) is 10.8 Å². The molecule has 142 valence electrons. The summed E-state index contributed by atoms with van der Waals surface area (Å²) in [4.78, 5) is 14.9. The van der Waals surface area contributed by atoms with Crippen LogP contribution in [0, 0.1) is 3.57 Å². The van der Waals surface area contributed by atoms with Gasteiger partial charge in [0.1, 0.15) is 0 Å². The number of benzene rings is 1. The summed E-state index contributed by atoms with van der Waals surface area (Å²) in [5.41, 5.74) is 0.379. The highest BCUT2D eigenvalue weighted by Gasteiger charge is 2.21. The molecule has 1 aromatic rings. The van der Waals surface area contributed by atoms with Gasteiger partial charge in [0.2, 0.25) is 10.0 Å². The third-order valence-corrected chi connectivity index (χ3v) is 6.69. The lowest BCUT2D eigenvalue weighted by atomic mass is 10.2. The van der Waals surface area contributed by atoms with Crippen molar-refractivity contribution in [2.75, 3.05) is 27.2 Å². The van der Waals surface area contributed by atoms with Crippen LogP contribution in [0.3, 0.4) is 0 Å². The molecule has 1 N–H and O–H groups in total. The average Bonchev–Trinajstić information content (AvgIpc) is 2.50. The maximum atomic E-state index is 12.5. The van der Waals surface area contributed by atoms with Crippen LogP contribution in [-0.2, 0) is 10.0 Å². The van der Waals surface area contributed by atoms with E-state index < -0.39 is 10.0 Å². The van der Waals surface area contributed by atoms with Crippen molar-refractivity contribution in [3.05, 3.63) is 27.3 Å². The molecule has 0 atom stereocenters. The highest BCUT2D eigenvalue weighted by molar-refractivity contribution is 14.1. The second-order valence-electron chi connectivity index (χ2n) is 6.61. The fourth-order valence-corrected chi connectivity index (χ4v) is 4.06. The number of nitrogens with zero attached hydrogens (tertiary/aromatic N) is 2. The fourth-order valence-electron chi connectivity index (χ4n) is 2.56. The van der Waals surface area contributed by atoms with Gasteiger partial charge < -0.3 is 5.32 Å². The zero-order chi connectivity index (χ0) is 19.4. The molecule has 0 heterocycles. The topological polar surface area (TPSA) is 69.7 Å². The van der Waals surface area contributed by atoms with Gasteiger partial charge in [0, 0.05) is 42.8 Å². The van der Waals surface area contributed by atoms with Crippen molar-refractivity contribution in [3.63, 3.8) is 0 Å². The summed E-state index contributed by atoms with van der Waals surface area (Å²) in [5.74, 6) is -0.257. The predicted molar refractivity (Wildman–Crippen MR) is 109 cm³/mol. The van der Waals surface area contributed by atoms with Gasteiger partial charge >= 0.3 is 0 Å². The highest BCUT2D eigenvalue weighted by Crippen LogP contribution is 2.20. The molecule has 0 saturated carbocycles. The second kappa shape index (κ2) is 9.29. The molecule has 1 amide bonds. The highest BCUT2D eigenvalue weighted by atomic mass is 127. The summed E-state index contributed by atoms with van der Waals surface area (Å²) >= 11 is 2.04. The summed E-state index contributed by atoms with van der Waals surface area (Å²) in [6.07, 6.45) is 0. The van der Waals surface area contributed by atoms with Crippen LogP contribution in [0.4, 0.5) is 0 Å². The summed E-state index contributed by atoms with van der Waals surface area (Å²) in [7, 11) is -0.621. The van der Waals surface area contributed by atoms with Crippen LogP contribution in [0.2, 0.25) is 0 Å². The van der Waals surface area contributed by atoms with Crippen molar-refractivity contribution < 1.29 is 13.2 Å². The minimum Gasteiger partial charge on any atom is -0.351 e. The Morgan fingerprint density at radius 1 is 1.16 bits per heavy atom. The molecule has 6 nitrogen and oxygen atoms in total. The zero-order valence-corrected chi connectivity index (χ0v) is 18.7. The molecule has 8 heteroatoms. The van der Waals surface area contributed by atoms with Gasteiger partial charge in [-0.2, -0.15) is 0 Å². The number of carbonyl (C=O) groups is 1. The van der Waals surface area contributed by atoms with E-state index in [1.54, 1.807) is 6.07 Å². The first-order valence-electron chi connectivity index (χ1n) is 8.24. The zero-order valence-electron chi connectivity index (χ0n) is 15.7. The van der Waals surface area contributed by atoms with Crippen molar-refractivity contribution in [2.45, 2.75) is 44.7 Å². The Bertz CT molecular complexity index is 695. The molecule has 1 rings (SSSR count). The van der Waals surface area contributed by atoms with Gasteiger partial charge in [-0.3, -0.25) is 9.69 Å². The quantitative estimate of drug-likeness (QED) is 0.580. The fraction of sp³-hybridized carbons (Fsp3) is 0.588. The van der Waals surface area contributed by atoms with Crippen LogP contribution in [0.1, 0.15) is 38.1 Å². The molecule has 0 aliphatic rings. The first-order chi connectivity index (χ1) is 11.5. The first-order valence-corrected chi connectivity index (χ1v) is 10.8. The number of halogens is 1. The molecular weight excluding hydrogens is 453 g/mol. The Labute approximate surface area is 165 Å². The van der Waals surface area contributed by atoms with Gasteiger partial charge in [-0.15, -0.1) is 0 Å². The van der Waals surface area contributed by atoms with E-state index in [9.17, 15) is 13.2 Å². The maximum Gasteiger partial charge on any atom is 0.252 e. The molecule has 0 radical (unpaired) electrons. The summed E-state index contributed by atoms with van der Waals surface area (Å²) < 4.78 is 26.4. The smallest absolute Gasteiger partial charge is 0.252 e. The van der Waals surface area contributed by atoms with Gasteiger partial charge in [0.05, 0.1) is 10.5 Å². The molecule has 0 unspecified atom stereocenters. The SMILES string of the molecule is CC(C)N(CCNC(=O)c1cc(S(=O)(=O)N(C)C)ccc1I)C(C)C. The second-order valence-corrected chi connectivity index (χ2v) is 9.92. The molecule has 0 bridgehead atoms. The van der Waals surface area contributed by atoms with Gasteiger partial charge in [-0.1, -0.05) is 0 Å². The maximum absolute atomic E-state index is 12.5. The molecule has 25 heavy (non-hydrogen) atoms. The van der Waals surface area contributed by atoms with E-state index in [1.807, 2.05) is 22.6 Å². The summed E-state index contributed by atoms with van der Waals surface area (Å²) in [6.45, 7) is 9.75. The third-order valence-electron chi connectivity index (χ3n) is 3.94. The average molecular weight is 481 g/mol. The van der Waals surface area contributed by atoms with Crippen molar-refractivity contribution in [3.8, 4) is 0 Å². The Balaban J connectivity index is 2.89. The third kappa shape index (κ3) is 5.90. The van der Waals surface area contributed by atoms with Crippen LogP contribution < -0.4 is 5.32 Å². The van der Waals surface area contributed by atoms with Crippen LogP contribution >= 0.6 is 22.6 Å². The standard InChI is InChI=1S/C17H28IN3O3S/c1-12(2)21(13(3)4)10-9-19-17(22)15-11-14(7-8-16(15)18)25(23,24)20(5)6/h7-8,11-13H,9-10H2,1-6H3,(H,19,22). The first kappa shape index (κ1) is 22.3. The largest absolute Gasteiger partial charge is 0.351 e. The molecular formula is C17H28IN3O3S. The summed E-state index contributed by atoms with van der Waals surface area (Å²) in [6, 6.07) is 5.40. The Morgan fingerprint density at radius 2 is 1.72 bits per heavy atom. The van der Waals surface area contributed by atoms with Crippen molar-refractivity contribution in [1.82, 2.24) is 14.5 Å². The number of rotatable bonds is 8. The van der Waals surface area contributed by atoms with Crippen LogP contribution in [0.25, 0.3) is 0 Å². The van der Waals surface area contributed by atoms with E-state index >= 15 is 0 Å². The molecule has 0 aromatic heterocycles. The van der Waals surface area contributed by atoms with Gasteiger partial charge in [-0.05, 0) is 68.5 Å². The Kier molecular flexibility index (Phi) is 8.30. The lowest BCUT2D eigenvalue weighted by Gasteiger charge is -2.30. The molecule has 0 saturated heterocycles. The lowest BCUT2D eigenvalue weighted by Crippen LogP contribution is -2.42. The monoisotopic (exact) mass is 481 g/mol. The number of amides is 1. The van der Waals surface area contributed by atoms with Crippen molar-refractivity contribution in [2.24, 2.45) is 0 Å². The van der Waals surface area contributed by atoms with E-state index in [0.717, 1.165) is 14.4 Å². The van der Waals surface area contributed by atoms with Gasteiger partial charge in [0.25, 0.3) is 5.91 Å². The normalized spacial score (nSPS) is 12.4. The Hall–Kier alpha value is -0.710. The summed E-state index contributed by atoms with van der Waals surface area (Å²) in [5, 5.41) is 2.89. The molecule has 0 aliphatic heterocycles. The van der Waals surface area contributed by atoms with Crippen molar-refractivity contribution in [1.29, 1.82) is 0 Å². The Morgan fingerprint density at radius 3 is 2.20 bits per heavy atom. The minimum absolute atomic E-state index is 0.119. The van der Waals surface area contributed by atoms with Gasteiger partial charge in [0.15, 0.2) is 0 Å². The number of sulfonamides is 1. The molecule has 1 aromatic carbocycles. The number of hydrogen-bond acceptors (Lipinski definition) is 4. The predicted octanol–water partition coefficient (Wildman–Crippen LogP) is 2.39. The van der Waals surface area contributed by atoms with E-state index in [2.05, 4.69) is 37.9 Å². The van der Waals surface area contributed by atoms with E-state index in [0.29, 0.717) is 24.2 Å². The van der Waals surface area contributed by atoms with Crippen LogP contribution in [0.15, 0.2) is 23.1 Å². The lowest BCUT2D eigenvalue weighted by molar-refractivity contribution is 0.0938. The number of hydrogen-bond donors (Lipinski definition) is 1. The number of carbonyl (C=O) groups excluding carboxylic acids is 1. The number of nitrogens with one attached hydrogen (secondary N) is 1. The van der Waals surface area contributed by atoms with Crippen LogP contribution in [0.5, 0.6) is 0 Å². The molecule has 0 aliphatic carbocycles. The minimum atomic E-state index is -3.56. The van der Waals surface area contributed by atoms with E-state index in [1.165, 1.54) is 26.2 Å².